The van der Waals surface area contributed by atoms with Crippen molar-refractivity contribution in [3.63, 3.8) is 0 Å². The molecule has 0 bridgehead atoms. The summed E-state index contributed by atoms with van der Waals surface area (Å²) in [4.78, 5) is 27.2. The largest absolute Gasteiger partial charge is 0.481 e. The summed E-state index contributed by atoms with van der Waals surface area (Å²) in [5.41, 5.74) is 1.48. The van der Waals surface area contributed by atoms with Gasteiger partial charge in [-0.05, 0) is 30.9 Å². The number of carboxylic acids is 1. The summed E-state index contributed by atoms with van der Waals surface area (Å²) in [7, 11) is 0. The number of carboxylic acid groups (broad SMARTS) is 1. The molecule has 5 heteroatoms. The maximum Gasteiger partial charge on any atom is 0.307 e. The van der Waals surface area contributed by atoms with E-state index in [9.17, 15) is 14.7 Å². The summed E-state index contributed by atoms with van der Waals surface area (Å²) < 4.78 is 0.939. The van der Waals surface area contributed by atoms with Gasteiger partial charge in [0.2, 0.25) is 0 Å². The Morgan fingerprint density at radius 2 is 2.00 bits per heavy atom. The number of hydrogen-bond donors (Lipinski definition) is 2. The Morgan fingerprint density at radius 1 is 1.29 bits per heavy atom. The van der Waals surface area contributed by atoms with Gasteiger partial charge >= 0.3 is 5.97 Å². The van der Waals surface area contributed by atoms with Crippen LogP contribution in [0.2, 0.25) is 0 Å². The Morgan fingerprint density at radius 3 is 2.71 bits per heavy atom. The highest BCUT2D eigenvalue weighted by Crippen LogP contribution is 2.39. The van der Waals surface area contributed by atoms with E-state index in [4.69, 9.17) is 0 Å². The van der Waals surface area contributed by atoms with Crippen molar-refractivity contribution in [2.45, 2.75) is 19.8 Å². The van der Waals surface area contributed by atoms with Crippen molar-refractivity contribution in [3.05, 3.63) is 34.4 Å². The fourth-order valence-corrected chi connectivity index (χ4v) is 3.72. The van der Waals surface area contributed by atoms with Gasteiger partial charge in [-0.3, -0.25) is 9.59 Å². The number of benzene rings is 1. The summed E-state index contributed by atoms with van der Waals surface area (Å²) in [6.07, 6.45) is 2.93. The van der Waals surface area contributed by atoms with Gasteiger partial charge in [-0.2, -0.15) is 0 Å². The first-order chi connectivity index (χ1) is 9.97. The highest BCUT2D eigenvalue weighted by atomic mass is 79.9. The van der Waals surface area contributed by atoms with Crippen LogP contribution in [0, 0.1) is 17.8 Å². The molecule has 21 heavy (non-hydrogen) atoms. The number of hydrogen-bond acceptors (Lipinski definition) is 2. The first kappa shape index (κ1) is 14.3. The van der Waals surface area contributed by atoms with Gasteiger partial charge in [-0.25, -0.2) is 0 Å². The minimum absolute atomic E-state index is 0.0553. The Kier molecular flexibility index (Phi) is 3.61. The second kappa shape index (κ2) is 5.30. The molecule has 0 radical (unpaired) electrons. The summed E-state index contributed by atoms with van der Waals surface area (Å²) in [6, 6.07) is 5.69. The Labute approximate surface area is 130 Å². The second-order valence-corrected chi connectivity index (χ2v) is 6.80. The molecule has 2 aromatic rings. The van der Waals surface area contributed by atoms with E-state index in [1.165, 1.54) is 0 Å². The van der Waals surface area contributed by atoms with Crippen LogP contribution in [-0.4, -0.2) is 21.8 Å². The second-order valence-electron chi connectivity index (χ2n) is 5.88. The number of fused-ring (bicyclic) bond motifs is 1. The molecule has 3 rings (SSSR count). The number of aromatic nitrogens is 1. The van der Waals surface area contributed by atoms with Gasteiger partial charge in [0.1, 0.15) is 0 Å². The molecular weight excluding hydrogens is 334 g/mol. The first-order valence-corrected chi connectivity index (χ1v) is 7.80. The lowest BCUT2D eigenvalue weighted by Gasteiger charge is -2.13. The van der Waals surface area contributed by atoms with E-state index in [2.05, 4.69) is 20.9 Å². The van der Waals surface area contributed by atoms with E-state index < -0.39 is 17.8 Å². The van der Waals surface area contributed by atoms with Crippen molar-refractivity contribution in [2.75, 3.05) is 0 Å². The van der Waals surface area contributed by atoms with Gasteiger partial charge in [0.15, 0.2) is 5.78 Å². The van der Waals surface area contributed by atoms with Gasteiger partial charge < -0.3 is 10.1 Å². The molecular formula is C16H16BrNO3. The number of aliphatic carboxylic acids is 1. The maximum atomic E-state index is 12.8. The monoisotopic (exact) mass is 349 g/mol. The zero-order valence-electron chi connectivity index (χ0n) is 11.6. The number of nitrogens with one attached hydrogen (secondary N) is 1. The summed E-state index contributed by atoms with van der Waals surface area (Å²) in [5.74, 6) is -1.62. The van der Waals surface area contributed by atoms with E-state index in [0.29, 0.717) is 18.4 Å². The SMILES string of the molecule is CC1CC(C(=O)O)C(C(=O)c2c[nH]c3cc(Br)ccc23)C1. The molecule has 1 heterocycles. The van der Waals surface area contributed by atoms with Crippen LogP contribution in [0.15, 0.2) is 28.9 Å². The van der Waals surface area contributed by atoms with Gasteiger partial charge in [0, 0.05) is 33.1 Å². The van der Waals surface area contributed by atoms with Crippen molar-refractivity contribution in [3.8, 4) is 0 Å². The van der Waals surface area contributed by atoms with Crippen LogP contribution in [0.1, 0.15) is 30.1 Å². The first-order valence-electron chi connectivity index (χ1n) is 7.01. The fourth-order valence-electron chi connectivity index (χ4n) is 3.36. The Bertz CT molecular complexity index is 721. The van der Waals surface area contributed by atoms with E-state index in [-0.39, 0.29) is 11.7 Å². The Hall–Kier alpha value is -1.62. The normalized spacial score (nSPS) is 25.3. The lowest BCUT2D eigenvalue weighted by Crippen LogP contribution is -2.25. The van der Waals surface area contributed by atoms with Crippen LogP contribution in [0.5, 0.6) is 0 Å². The average molecular weight is 350 g/mol. The van der Waals surface area contributed by atoms with Crippen LogP contribution in [0.3, 0.4) is 0 Å². The van der Waals surface area contributed by atoms with E-state index in [1.54, 1.807) is 6.20 Å². The maximum absolute atomic E-state index is 12.8. The molecule has 0 amide bonds. The number of aromatic amines is 1. The molecule has 110 valence electrons. The molecule has 1 fully saturated rings. The standard InChI is InChI=1S/C16H16BrNO3/c1-8-4-11(12(5-8)16(20)21)15(19)13-7-18-14-6-9(17)2-3-10(13)14/h2-3,6-8,11-12,18H,4-5H2,1H3,(H,20,21). The zero-order valence-corrected chi connectivity index (χ0v) is 13.2. The van der Waals surface area contributed by atoms with E-state index in [0.717, 1.165) is 15.4 Å². The average Bonchev–Trinajstić information content (AvgIpc) is 3.01. The summed E-state index contributed by atoms with van der Waals surface area (Å²) >= 11 is 3.40. The molecule has 1 aromatic heterocycles. The number of halogens is 1. The van der Waals surface area contributed by atoms with Crippen molar-refractivity contribution < 1.29 is 14.7 Å². The number of Topliss-reactive ketones (excluding diaryl/α,β-unsaturated/α-hetero) is 1. The molecule has 1 aliphatic carbocycles. The molecule has 4 nitrogen and oxygen atoms in total. The van der Waals surface area contributed by atoms with Crippen LogP contribution in [-0.2, 0) is 4.79 Å². The molecule has 0 aliphatic heterocycles. The number of H-pyrrole nitrogens is 1. The van der Waals surface area contributed by atoms with Crippen molar-refractivity contribution >= 4 is 38.6 Å². The lowest BCUT2D eigenvalue weighted by atomic mass is 9.88. The number of ketones is 1. The molecule has 0 spiro atoms. The van der Waals surface area contributed by atoms with Crippen LogP contribution >= 0.6 is 15.9 Å². The smallest absolute Gasteiger partial charge is 0.307 e. The van der Waals surface area contributed by atoms with Crippen LogP contribution < -0.4 is 0 Å². The van der Waals surface area contributed by atoms with Crippen molar-refractivity contribution in [1.29, 1.82) is 0 Å². The van der Waals surface area contributed by atoms with Crippen molar-refractivity contribution in [2.24, 2.45) is 17.8 Å². The van der Waals surface area contributed by atoms with E-state index >= 15 is 0 Å². The number of carbonyl (C=O) groups excluding carboxylic acids is 1. The molecule has 3 atom stereocenters. The predicted octanol–water partition coefficient (Wildman–Crippen LogP) is 3.86. The summed E-state index contributed by atoms with van der Waals surface area (Å²) in [6.45, 7) is 2.01. The Balaban J connectivity index is 1.98. The van der Waals surface area contributed by atoms with E-state index in [1.807, 2.05) is 25.1 Å². The van der Waals surface area contributed by atoms with Gasteiger partial charge in [0.05, 0.1) is 5.92 Å². The third-order valence-corrected chi connectivity index (χ3v) is 4.85. The molecule has 1 saturated carbocycles. The minimum Gasteiger partial charge on any atom is -0.481 e. The zero-order chi connectivity index (χ0) is 15.1. The minimum atomic E-state index is -0.861. The summed E-state index contributed by atoms with van der Waals surface area (Å²) in [5, 5.41) is 10.2. The van der Waals surface area contributed by atoms with Crippen LogP contribution in [0.25, 0.3) is 10.9 Å². The molecule has 0 saturated heterocycles. The highest BCUT2D eigenvalue weighted by Gasteiger charge is 2.41. The molecule has 2 N–H and O–H groups in total. The van der Waals surface area contributed by atoms with Gasteiger partial charge in [0.25, 0.3) is 0 Å². The molecule has 1 aliphatic rings. The molecule has 1 aromatic carbocycles. The van der Waals surface area contributed by atoms with Crippen LogP contribution in [0.4, 0.5) is 0 Å². The van der Waals surface area contributed by atoms with Gasteiger partial charge in [-0.1, -0.05) is 28.9 Å². The van der Waals surface area contributed by atoms with Crippen molar-refractivity contribution in [1.82, 2.24) is 4.98 Å². The fraction of sp³-hybridized carbons (Fsp3) is 0.375. The lowest BCUT2D eigenvalue weighted by molar-refractivity contribution is -0.142. The number of carbonyl (C=O) groups is 2. The quantitative estimate of drug-likeness (QED) is 0.826. The molecule has 3 unspecified atom stereocenters. The van der Waals surface area contributed by atoms with Gasteiger partial charge in [-0.15, -0.1) is 0 Å². The third-order valence-electron chi connectivity index (χ3n) is 4.36. The predicted molar refractivity (Wildman–Crippen MR) is 83.3 cm³/mol. The number of rotatable bonds is 3. The topological polar surface area (TPSA) is 70.2 Å². The highest BCUT2D eigenvalue weighted by molar-refractivity contribution is 9.10. The third kappa shape index (κ3) is 2.50.